The highest BCUT2D eigenvalue weighted by molar-refractivity contribution is 7.27. The predicted octanol–water partition coefficient (Wildman–Crippen LogP) is 15.9. The van der Waals surface area contributed by atoms with Crippen molar-refractivity contribution in [3.63, 3.8) is 0 Å². The van der Waals surface area contributed by atoms with Crippen LogP contribution < -0.4 is 4.90 Å². The van der Waals surface area contributed by atoms with E-state index in [-0.39, 0.29) is 5.41 Å². The maximum atomic E-state index is 2.42. The molecule has 2 heteroatoms. The van der Waals surface area contributed by atoms with Crippen LogP contribution >= 0.6 is 11.3 Å². The van der Waals surface area contributed by atoms with Gasteiger partial charge in [0.1, 0.15) is 0 Å². The van der Waals surface area contributed by atoms with E-state index in [0.717, 1.165) is 11.4 Å². The van der Waals surface area contributed by atoms with Crippen LogP contribution in [0, 0.1) is 0 Å². The van der Waals surface area contributed by atoms with Gasteiger partial charge in [-0.3, -0.25) is 0 Å². The number of rotatable bonds is 5. The molecule has 0 unspecified atom stereocenters. The van der Waals surface area contributed by atoms with E-state index < -0.39 is 5.41 Å². The zero-order valence-corrected chi connectivity index (χ0v) is 34.4. The molecular formula is C58H41NS. The lowest BCUT2D eigenvalue weighted by atomic mass is 9.55. The summed E-state index contributed by atoms with van der Waals surface area (Å²) in [7, 11) is 0. The lowest BCUT2D eigenvalue weighted by Gasteiger charge is -2.46. The molecule has 1 heterocycles. The van der Waals surface area contributed by atoms with Crippen molar-refractivity contribution in [2.24, 2.45) is 0 Å². The molecule has 284 valence electrons. The van der Waals surface area contributed by atoms with Crippen molar-refractivity contribution in [3.05, 3.63) is 246 Å². The van der Waals surface area contributed by atoms with E-state index in [2.05, 4.69) is 231 Å². The zero-order chi connectivity index (χ0) is 40.0. The second kappa shape index (κ2) is 13.3. The number of hydrogen-bond donors (Lipinski definition) is 0. The van der Waals surface area contributed by atoms with E-state index in [1.807, 2.05) is 11.3 Å². The average Bonchev–Trinajstić information content (AvgIpc) is 3.84. The minimum Gasteiger partial charge on any atom is -0.309 e. The van der Waals surface area contributed by atoms with Gasteiger partial charge in [0.15, 0.2) is 0 Å². The topological polar surface area (TPSA) is 3.24 Å². The smallest absolute Gasteiger partial charge is 0.0719 e. The fraction of sp³-hybridized carbons (Fsp3) is 0.0690. The Morgan fingerprint density at radius 1 is 0.350 bits per heavy atom. The summed E-state index contributed by atoms with van der Waals surface area (Å²) in [5.41, 5.74) is 18.8. The summed E-state index contributed by atoms with van der Waals surface area (Å²) in [5.74, 6) is 0. The van der Waals surface area contributed by atoms with Crippen LogP contribution in [0.25, 0.3) is 53.6 Å². The van der Waals surface area contributed by atoms with Crippen LogP contribution in [-0.4, -0.2) is 0 Å². The average molecular weight is 784 g/mol. The summed E-state index contributed by atoms with van der Waals surface area (Å²) in [6.45, 7) is 4.79. The lowest BCUT2D eigenvalue weighted by Crippen LogP contribution is -2.40. The molecule has 0 saturated heterocycles. The van der Waals surface area contributed by atoms with E-state index in [9.17, 15) is 0 Å². The molecule has 12 rings (SSSR count). The van der Waals surface area contributed by atoms with Gasteiger partial charge >= 0.3 is 0 Å². The molecular weight excluding hydrogens is 743 g/mol. The Hall–Kier alpha value is -7.00. The summed E-state index contributed by atoms with van der Waals surface area (Å²) < 4.78 is 2.59. The minimum absolute atomic E-state index is 0.133. The summed E-state index contributed by atoms with van der Waals surface area (Å²) >= 11 is 1.92. The molecule has 0 fully saturated rings. The van der Waals surface area contributed by atoms with Crippen LogP contribution in [0.5, 0.6) is 0 Å². The normalized spacial score (nSPS) is 14.1. The van der Waals surface area contributed by atoms with E-state index in [0.29, 0.717) is 0 Å². The molecule has 9 aromatic carbocycles. The highest BCUT2D eigenvalue weighted by Crippen LogP contribution is 2.63. The lowest BCUT2D eigenvalue weighted by molar-refractivity contribution is 0.563. The molecule has 0 bridgehead atoms. The first-order valence-corrected chi connectivity index (χ1v) is 21.8. The first kappa shape index (κ1) is 35.0. The number of hydrogen-bond acceptors (Lipinski definition) is 2. The van der Waals surface area contributed by atoms with Crippen LogP contribution in [0.15, 0.2) is 212 Å². The third-order valence-corrected chi connectivity index (χ3v) is 14.6. The number of benzene rings is 9. The summed E-state index contributed by atoms with van der Waals surface area (Å²) in [6.07, 6.45) is 0. The minimum atomic E-state index is -0.432. The SMILES string of the molecule is CC1(C)c2ccccc2C2(c3ccccc3-c3c(-c4cccc5c4sc4c(N(c6ccccc6)c6ccc(-c7ccccc7)cc6)cccc45)cccc32)c2ccccc21. The van der Waals surface area contributed by atoms with Gasteiger partial charge < -0.3 is 4.90 Å². The Balaban J connectivity index is 1.09. The Morgan fingerprint density at radius 3 is 1.53 bits per heavy atom. The fourth-order valence-electron chi connectivity index (χ4n) is 10.8. The van der Waals surface area contributed by atoms with Crippen LogP contribution in [0.3, 0.4) is 0 Å². The second-order valence-corrected chi connectivity index (χ2v) is 17.8. The first-order valence-electron chi connectivity index (χ1n) is 20.9. The largest absolute Gasteiger partial charge is 0.309 e. The Kier molecular flexibility index (Phi) is 7.73. The van der Waals surface area contributed by atoms with Crippen molar-refractivity contribution in [3.8, 4) is 33.4 Å². The molecule has 0 amide bonds. The highest BCUT2D eigenvalue weighted by Gasteiger charge is 2.53. The van der Waals surface area contributed by atoms with Crippen molar-refractivity contribution < 1.29 is 0 Å². The molecule has 0 N–H and O–H groups in total. The molecule has 2 aliphatic rings. The van der Waals surface area contributed by atoms with Gasteiger partial charge in [0.25, 0.3) is 0 Å². The Labute approximate surface area is 355 Å². The molecule has 1 nitrogen and oxygen atoms in total. The monoisotopic (exact) mass is 783 g/mol. The molecule has 60 heavy (non-hydrogen) atoms. The predicted molar refractivity (Wildman–Crippen MR) is 254 cm³/mol. The van der Waals surface area contributed by atoms with Gasteiger partial charge in [-0.25, -0.2) is 0 Å². The fourth-order valence-corrected chi connectivity index (χ4v) is 12.1. The van der Waals surface area contributed by atoms with Gasteiger partial charge in [0, 0.05) is 37.8 Å². The number of anilines is 3. The van der Waals surface area contributed by atoms with Gasteiger partial charge in [0.2, 0.25) is 0 Å². The van der Waals surface area contributed by atoms with Crippen molar-refractivity contribution >= 4 is 48.6 Å². The van der Waals surface area contributed by atoms with Gasteiger partial charge in [-0.15, -0.1) is 11.3 Å². The third kappa shape index (κ3) is 4.86. The highest BCUT2D eigenvalue weighted by atomic mass is 32.1. The van der Waals surface area contributed by atoms with Crippen LogP contribution in [0.2, 0.25) is 0 Å². The van der Waals surface area contributed by atoms with E-state index in [1.165, 1.54) is 92.6 Å². The Morgan fingerprint density at radius 2 is 0.833 bits per heavy atom. The van der Waals surface area contributed by atoms with Crippen LogP contribution in [0.4, 0.5) is 17.1 Å². The van der Waals surface area contributed by atoms with E-state index in [1.54, 1.807) is 0 Å². The van der Waals surface area contributed by atoms with E-state index >= 15 is 0 Å². The summed E-state index contributed by atoms with van der Waals surface area (Å²) in [4.78, 5) is 2.42. The van der Waals surface area contributed by atoms with Gasteiger partial charge in [-0.05, 0) is 91.5 Å². The number of para-hydroxylation sites is 1. The molecule has 1 aromatic heterocycles. The van der Waals surface area contributed by atoms with Crippen molar-refractivity contribution in [1.82, 2.24) is 0 Å². The van der Waals surface area contributed by atoms with Crippen molar-refractivity contribution in [2.75, 3.05) is 4.90 Å². The molecule has 1 spiro atoms. The van der Waals surface area contributed by atoms with Gasteiger partial charge in [0.05, 0.1) is 15.8 Å². The molecule has 0 saturated carbocycles. The second-order valence-electron chi connectivity index (χ2n) is 16.8. The Bertz CT molecular complexity index is 3230. The van der Waals surface area contributed by atoms with Gasteiger partial charge in [-0.2, -0.15) is 0 Å². The van der Waals surface area contributed by atoms with E-state index in [4.69, 9.17) is 0 Å². The quantitative estimate of drug-likeness (QED) is 0.168. The summed E-state index contributed by atoms with van der Waals surface area (Å²) in [5, 5.41) is 2.56. The van der Waals surface area contributed by atoms with Crippen molar-refractivity contribution in [2.45, 2.75) is 24.7 Å². The number of thiophene rings is 1. The third-order valence-electron chi connectivity index (χ3n) is 13.4. The number of fused-ring (bicyclic) bond motifs is 12. The van der Waals surface area contributed by atoms with Crippen molar-refractivity contribution in [1.29, 1.82) is 0 Å². The standard InChI is InChI=1S/C58H41NS/c1-57(2)48-28-11-13-30-50(48)58(51-31-14-12-29-49(51)57)47-27-10-9-22-46(47)54-42(23-16-32-52(54)58)43-24-15-25-44-45-26-17-33-53(56(45)60-55(43)44)59(40-20-7-4-8-21-40)41-36-34-39(35-37-41)38-18-5-3-6-19-38/h3-37H,1-2H3. The maximum absolute atomic E-state index is 2.42. The molecule has 0 radical (unpaired) electrons. The molecule has 0 aliphatic heterocycles. The van der Waals surface area contributed by atoms with Crippen LogP contribution in [0.1, 0.15) is 47.2 Å². The molecule has 2 aliphatic carbocycles. The van der Waals surface area contributed by atoms with Crippen LogP contribution in [-0.2, 0) is 10.8 Å². The molecule has 10 aromatic rings. The maximum Gasteiger partial charge on any atom is 0.0719 e. The first-order chi connectivity index (χ1) is 29.5. The van der Waals surface area contributed by atoms with Gasteiger partial charge in [-0.1, -0.05) is 196 Å². The summed E-state index contributed by atoms with van der Waals surface area (Å²) in [6, 6.07) is 78.9. The molecule has 0 atom stereocenters. The number of nitrogens with zero attached hydrogens (tertiary/aromatic N) is 1. The zero-order valence-electron chi connectivity index (χ0n) is 33.6.